The summed E-state index contributed by atoms with van der Waals surface area (Å²) in [5.41, 5.74) is 2.37. The Balaban J connectivity index is 1.84. The van der Waals surface area contributed by atoms with Gasteiger partial charge in [-0.2, -0.15) is 5.10 Å². The first-order chi connectivity index (χ1) is 9.34. The molecule has 0 aromatic carbocycles. The monoisotopic (exact) mass is 256 g/mol. The number of nitrogens with one attached hydrogen (secondary N) is 1. The molecule has 0 aliphatic carbocycles. The summed E-state index contributed by atoms with van der Waals surface area (Å²) in [6, 6.07) is 3.61. The van der Waals surface area contributed by atoms with Crippen LogP contribution in [-0.2, 0) is 0 Å². The predicted octanol–water partition coefficient (Wildman–Crippen LogP) is 2.10. The first-order valence-electron chi connectivity index (χ1n) is 6.59. The largest absolute Gasteiger partial charge is 0.339 e. The number of carbonyl (C=O) groups excluding carboxylic acids is 1. The summed E-state index contributed by atoms with van der Waals surface area (Å²) in [5.74, 6) is 0.104. The molecular weight excluding hydrogens is 240 g/mol. The van der Waals surface area contributed by atoms with Crippen molar-refractivity contribution in [3.63, 3.8) is 0 Å². The summed E-state index contributed by atoms with van der Waals surface area (Å²) in [7, 11) is 0. The Morgan fingerprint density at radius 1 is 1.26 bits per heavy atom. The van der Waals surface area contributed by atoms with Crippen LogP contribution in [0.25, 0.3) is 11.3 Å². The second-order valence-corrected chi connectivity index (χ2v) is 4.77. The lowest BCUT2D eigenvalue weighted by Crippen LogP contribution is -2.35. The molecule has 0 unspecified atom stereocenters. The van der Waals surface area contributed by atoms with E-state index in [-0.39, 0.29) is 5.91 Å². The Hall–Kier alpha value is -2.17. The van der Waals surface area contributed by atoms with Gasteiger partial charge in [-0.3, -0.25) is 14.9 Å². The number of amides is 1. The highest BCUT2D eigenvalue weighted by Crippen LogP contribution is 2.18. The Labute approximate surface area is 111 Å². The van der Waals surface area contributed by atoms with Gasteiger partial charge in [0.1, 0.15) is 0 Å². The molecule has 0 atom stereocenters. The van der Waals surface area contributed by atoms with Crippen LogP contribution in [0.4, 0.5) is 0 Å². The molecule has 5 heteroatoms. The van der Waals surface area contributed by atoms with Gasteiger partial charge in [-0.1, -0.05) is 0 Å². The Morgan fingerprint density at radius 2 is 2.11 bits per heavy atom. The molecule has 0 saturated carbocycles. The van der Waals surface area contributed by atoms with Crippen molar-refractivity contribution >= 4 is 5.91 Å². The van der Waals surface area contributed by atoms with E-state index in [0.29, 0.717) is 5.56 Å². The molecule has 1 N–H and O–H groups in total. The van der Waals surface area contributed by atoms with Crippen LogP contribution in [-0.4, -0.2) is 39.1 Å². The molecule has 1 saturated heterocycles. The van der Waals surface area contributed by atoms with E-state index in [0.717, 1.165) is 37.2 Å². The van der Waals surface area contributed by atoms with Crippen molar-refractivity contribution in [1.29, 1.82) is 0 Å². The van der Waals surface area contributed by atoms with Crippen molar-refractivity contribution in [2.24, 2.45) is 0 Å². The number of carbonyl (C=O) groups is 1. The summed E-state index contributed by atoms with van der Waals surface area (Å²) in [5, 5.41) is 6.66. The number of piperidine rings is 1. The number of aromatic amines is 1. The van der Waals surface area contributed by atoms with Crippen molar-refractivity contribution in [2.45, 2.75) is 19.3 Å². The smallest absolute Gasteiger partial charge is 0.253 e. The minimum Gasteiger partial charge on any atom is -0.339 e. The lowest BCUT2D eigenvalue weighted by molar-refractivity contribution is 0.0724. The van der Waals surface area contributed by atoms with Crippen LogP contribution >= 0.6 is 0 Å². The fourth-order valence-corrected chi connectivity index (χ4v) is 2.39. The van der Waals surface area contributed by atoms with Crippen LogP contribution in [0.5, 0.6) is 0 Å². The third-order valence-electron chi connectivity index (χ3n) is 3.44. The minimum atomic E-state index is 0.104. The second-order valence-electron chi connectivity index (χ2n) is 4.77. The third kappa shape index (κ3) is 2.50. The molecule has 1 aliphatic heterocycles. The Bertz CT molecular complexity index is 559. The van der Waals surface area contributed by atoms with E-state index in [1.165, 1.54) is 6.42 Å². The molecule has 0 bridgehead atoms. The van der Waals surface area contributed by atoms with Gasteiger partial charge >= 0.3 is 0 Å². The van der Waals surface area contributed by atoms with Gasteiger partial charge in [0.05, 0.1) is 11.9 Å². The highest BCUT2D eigenvalue weighted by Gasteiger charge is 2.18. The maximum Gasteiger partial charge on any atom is 0.253 e. The zero-order valence-corrected chi connectivity index (χ0v) is 10.7. The molecule has 19 heavy (non-hydrogen) atoms. The van der Waals surface area contributed by atoms with Crippen LogP contribution in [0.15, 0.2) is 30.7 Å². The molecule has 3 heterocycles. The van der Waals surface area contributed by atoms with Crippen molar-refractivity contribution in [3.8, 4) is 11.3 Å². The summed E-state index contributed by atoms with van der Waals surface area (Å²) >= 11 is 0. The number of nitrogens with zero attached hydrogens (tertiary/aromatic N) is 3. The molecule has 2 aromatic heterocycles. The second kappa shape index (κ2) is 5.22. The topological polar surface area (TPSA) is 61.9 Å². The van der Waals surface area contributed by atoms with Gasteiger partial charge in [-0.05, 0) is 31.4 Å². The Morgan fingerprint density at radius 3 is 2.84 bits per heavy atom. The SMILES string of the molecule is O=C(c1ccnc(-c2cn[nH]c2)c1)N1CCCCC1. The first-order valence-corrected chi connectivity index (χ1v) is 6.59. The van der Waals surface area contributed by atoms with Crippen molar-refractivity contribution in [2.75, 3.05) is 13.1 Å². The number of hydrogen-bond donors (Lipinski definition) is 1. The summed E-state index contributed by atoms with van der Waals surface area (Å²) in [6.45, 7) is 1.73. The van der Waals surface area contributed by atoms with Crippen LogP contribution in [0, 0.1) is 0 Å². The van der Waals surface area contributed by atoms with Gasteiger partial charge in [-0.25, -0.2) is 0 Å². The number of pyridine rings is 1. The fraction of sp³-hybridized carbons (Fsp3) is 0.357. The van der Waals surface area contributed by atoms with Crippen molar-refractivity contribution in [3.05, 3.63) is 36.3 Å². The molecule has 2 aromatic rings. The normalized spacial score (nSPS) is 15.5. The zero-order valence-electron chi connectivity index (χ0n) is 10.7. The fourth-order valence-electron chi connectivity index (χ4n) is 2.39. The van der Waals surface area contributed by atoms with Gasteiger partial charge < -0.3 is 4.90 Å². The molecule has 1 fully saturated rings. The number of likely N-dealkylation sites (tertiary alicyclic amines) is 1. The lowest BCUT2D eigenvalue weighted by Gasteiger charge is -2.26. The van der Waals surface area contributed by atoms with E-state index in [4.69, 9.17) is 0 Å². The average molecular weight is 256 g/mol. The van der Waals surface area contributed by atoms with Crippen LogP contribution in [0.2, 0.25) is 0 Å². The summed E-state index contributed by atoms with van der Waals surface area (Å²) in [6.07, 6.45) is 8.59. The van der Waals surface area contributed by atoms with Crippen molar-refractivity contribution < 1.29 is 4.79 Å². The number of rotatable bonds is 2. The zero-order chi connectivity index (χ0) is 13.1. The molecule has 0 radical (unpaired) electrons. The van der Waals surface area contributed by atoms with E-state index >= 15 is 0 Å². The third-order valence-corrected chi connectivity index (χ3v) is 3.44. The average Bonchev–Trinajstić information content (AvgIpc) is 3.02. The van der Waals surface area contributed by atoms with E-state index in [2.05, 4.69) is 15.2 Å². The van der Waals surface area contributed by atoms with E-state index in [1.54, 1.807) is 24.7 Å². The Kier molecular flexibility index (Phi) is 3.27. The van der Waals surface area contributed by atoms with Crippen LogP contribution in [0.1, 0.15) is 29.6 Å². The highest BCUT2D eigenvalue weighted by molar-refractivity contribution is 5.95. The summed E-state index contributed by atoms with van der Waals surface area (Å²) < 4.78 is 0. The molecule has 3 rings (SSSR count). The van der Waals surface area contributed by atoms with Crippen LogP contribution in [0.3, 0.4) is 0 Å². The van der Waals surface area contributed by atoms with Gasteiger partial charge in [0.2, 0.25) is 0 Å². The standard InChI is InChI=1S/C14H16N4O/c19-14(18-6-2-1-3-7-18)11-4-5-15-13(8-11)12-9-16-17-10-12/h4-5,8-10H,1-3,6-7H2,(H,16,17). The first kappa shape index (κ1) is 11.9. The minimum absolute atomic E-state index is 0.104. The predicted molar refractivity (Wildman–Crippen MR) is 71.6 cm³/mol. The maximum absolute atomic E-state index is 12.4. The van der Waals surface area contributed by atoms with Crippen LogP contribution < -0.4 is 0 Å². The highest BCUT2D eigenvalue weighted by atomic mass is 16.2. The molecular formula is C14H16N4O. The summed E-state index contributed by atoms with van der Waals surface area (Å²) in [4.78, 5) is 18.6. The van der Waals surface area contributed by atoms with Gasteiger partial charge in [0.15, 0.2) is 0 Å². The van der Waals surface area contributed by atoms with Crippen molar-refractivity contribution in [1.82, 2.24) is 20.1 Å². The van der Waals surface area contributed by atoms with Gasteiger partial charge in [0.25, 0.3) is 5.91 Å². The molecule has 5 nitrogen and oxygen atoms in total. The lowest BCUT2D eigenvalue weighted by atomic mass is 10.1. The number of hydrogen-bond acceptors (Lipinski definition) is 3. The number of aromatic nitrogens is 3. The molecule has 1 aliphatic rings. The molecule has 1 amide bonds. The molecule has 0 spiro atoms. The molecule has 98 valence electrons. The maximum atomic E-state index is 12.4. The van der Waals surface area contributed by atoms with Gasteiger partial charge in [0, 0.05) is 36.6 Å². The van der Waals surface area contributed by atoms with Gasteiger partial charge in [-0.15, -0.1) is 0 Å². The number of H-pyrrole nitrogens is 1. The van der Waals surface area contributed by atoms with E-state index < -0.39 is 0 Å². The quantitative estimate of drug-likeness (QED) is 0.895. The van der Waals surface area contributed by atoms with E-state index in [9.17, 15) is 4.79 Å². The van der Waals surface area contributed by atoms with E-state index in [1.807, 2.05) is 11.0 Å².